The van der Waals surface area contributed by atoms with Gasteiger partial charge < -0.3 is 4.90 Å². The third-order valence-electron chi connectivity index (χ3n) is 4.82. The number of fused-ring (bicyclic) bond motifs is 1. The van der Waals surface area contributed by atoms with Crippen LogP contribution in [0, 0.1) is 5.82 Å². The number of rotatable bonds is 3. The van der Waals surface area contributed by atoms with Crippen LogP contribution in [0.25, 0.3) is 5.57 Å². The Hall–Kier alpha value is -2.47. The Morgan fingerprint density at radius 1 is 1.30 bits per heavy atom. The molecule has 0 fully saturated rings. The van der Waals surface area contributed by atoms with Gasteiger partial charge in [-0.3, -0.25) is 4.79 Å². The summed E-state index contributed by atoms with van der Waals surface area (Å²) in [4.78, 5) is 14.2. The predicted molar refractivity (Wildman–Crippen MR) is 112 cm³/mol. The van der Waals surface area contributed by atoms with Gasteiger partial charge in [-0.25, -0.2) is 9.82 Å². The molecule has 0 saturated heterocycles. The molecule has 0 bridgehead atoms. The van der Waals surface area contributed by atoms with Gasteiger partial charge in [-0.15, -0.1) is 0 Å². The Balaban J connectivity index is 1.85. The number of allylic oxidation sites excluding steroid dienone is 1. The molecule has 27 heavy (non-hydrogen) atoms. The van der Waals surface area contributed by atoms with E-state index in [1.165, 1.54) is 12.3 Å². The predicted octanol–water partition coefficient (Wildman–Crippen LogP) is 4.98. The molecule has 0 atom stereocenters. The summed E-state index contributed by atoms with van der Waals surface area (Å²) in [5.41, 5.74) is 5.91. The van der Waals surface area contributed by atoms with Crippen molar-refractivity contribution in [2.24, 2.45) is 5.10 Å². The highest BCUT2D eigenvalue weighted by atomic mass is 79.9. The zero-order chi connectivity index (χ0) is 19.8. The summed E-state index contributed by atoms with van der Waals surface area (Å²) in [6, 6.07) is 10.3. The van der Waals surface area contributed by atoms with Gasteiger partial charge >= 0.3 is 0 Å². The number of nitrogens with one attached hydrogen (secondary N) is 1. The molecule has 1 aliphatic heterocycles. The number of carbonyl (C=O) groups is 1. The topological polar surface area (TPSA) is 44.7 Å². The summed E-state index contributed by atoms with van der Waals surface area (Å²) in [5.74, 6) is -0.750. The van der Waals surface area contributed by atoms with Crippen molar-refractivity contribution in [1.82, 2.24) is 5.43 Å². The van der Waals surface area contributed by atoms with Crippen molar-refractivity contribution in [3.8, 4) is 0 Å². The first-order valence-electron chi connectivity index (χ1n) is 8.56. The van der Waals surface area contributed by atoms with Crippen LogP contribution in [0.2, 0.25) is 0 Å². The molecule has 0 aromatic heterocycles. The van der Waals surface area contributed by atoms with E-state index in [0.29, 0.717) is 15.6 Å². The van der Waals surface area contributed by atoms with Gasteiger partial charge in [0.05, 0.1) is 17.3 Å². The smallest absolute Gasteiger partial charge is 0.272 e. The Morgan fingerprint density at radius 2 is 2.00 bits per heavy atom. The third-order valence-corrected chi connectivity index (χ3v) is 5.52. The van der Waals surface area contributed by atoms with Gasteiger partial charge in [-0.1, -0.05) is 18.2 Å². The molecular formula is C21H21BrFN3O. The summed E-state index contributed by atoms with van der Waals surface area (Å²) in [5, 5.41) is 3.92. The van der Waals surface area contributed by atoms with Crippen LogP contribution in [0.1, 0.15) is 42.3 Å². The average molecular weight is 430 g/mol. The molecule has 1 heterocycles. The minimum absolute atomic E-state index is 0.184. The highest BCUT2D eigenvalue weighted by Gasteiger charge is 2.29. The molecule has 0 radical (unpaired) electrons. The number of likely N-dealkylation sites (N-methyl/N-ethyl adjacent to an activating group) is 1. The summed E-state index contributed by atoms with van der Waals surface area (Å²) in [6.45, 7) is 6.19. The maximum absolute atomic E-state index is 14.6. The van der Waals surface area contributed by atoms with Crippen LogP contribution in [0.4, 0.5) is 10.1 Å². The third kappa shape index (κ3) is 3.81. The number of anilines is 1. The van der Waals surface area contributed by atoms with Gasteiger partial charge in [0.15, 0.2) is 0 Å². The van der Waals surface area contributed by atoms with Crippen LogP contribution in [-0.2, 0) is 0 Å². The first-order chi connectivity index (χ1) is 12.7. The number of hydrogen-bond donors (Lipinski definition) is 1. The van der Waals surface area contributed by atoms with Crippen molar-refractivity contribution >= 4 is 39.3 Å². The number of hydrazone groups is 1. The van der Waals surface area contributed by atoms with Gasteiger partial charge in [0.25, 0.3) is 5.91 Å². The second-order valence-corrected chi connectivity index (χ2v) is 7.96. The zero-order valence-electron chi connectivity index (χ0n) is 15.7. The van der Waals surface area contributed by atoms with E-state index in [2.05, 4.69) is 46.4 Å². The summed E-state index contributed by atoms with van der Waals surface area (Å²) in [6.07, 6.45) is 3.49. The summed E-state index contributed by atoms with van der Waals surface area (Å²) >= 11 is 3.32. The normalized spacial score (nSPS) is 15.5. The first-order valence-corrected chi connectivity index (χ1v) is 9.35. The lowest BCUT2D eigenvalue weighted by Gasteiger charge is -2.40. The van der Waals surface area contributed by atoms with Gasteiger partial charge in [0.1, 0.15) is 5.82 Å². The van der Waals surface area contributed by atoms with Gasteiger partial charge in [-0.2, -0.15) is 5.10 Å². The molecule has 1 amide bonds. The highest BCUT2D eigenvalue weighted by molar-refractivity contribution is 9.10. The number of halogens is 2. The molecule has 0 aliphatic carbocycles. The van der Waals surface area contributed by atoms with Crippen LogP contribution in [0.15, 0.2) is 52.0 Å². The molecular weight excluding hydrogens is 409 g/mol. The first kappa shape index (κ1) is 19.3. The van der Waals surface area contributed by atoms with Crippen LogP contribution in [0.3, 0.4) is 0 Å². The molecule has 1 aliphatic rings. The largest absolute Gasteiger partial charge is 0.365 e. The number of nitrogens with zero attached hydrogens (tertiary/aromatic N) is 2. The van der Waals surface area contributed by atoms with E-state index in [9.17, 15) is 9.18 Å². The van der Waals surface area contributed by atoms with Crippen molar-refractivity contribution < 1.29 is 9.18 Å². The fourth-order valence-electron chi connectivity index (χ4n) is 3.15. The standard InChI is InChI=1S/C21H21BrFN3O/c1-13-11-21(2,3)26(4)19-10-18(23)14(9-16(13)19)12-24-25-20(27)15-7-5-6-8-17(15)22/h5-12H,1-4H3,(H,25,27)/b24-12-. The second kappa shape index (κ2) is 7.27. The van der Waals surface area contributed by atoms with Crippen molar-refractivity contribution in [2.45, 2.75) is 26.3 Å². The molecule has 0 spiro atoms. The lowest BCUT2D eigenvalue weighted by molar-refractivity contribution is 0.0954. The maximum Gasteiger partial charge on any atom is 0.272 e. The van der Waals surface area contributed by atoms with Gasteiger partial charge in [0, 0.05) is 28.3 Å². The molecule has 2 aromatic carbocycles. The fourth-order valence-corrected chi connectivity index (χ4v) is 3.62. The van der Waals surface area contributed by atoms with E-state index >= 15 is 0 Å². The highest BCUT2D eigenvalue weighted by Crippen LogP contribution is 2.38. The van der Waals surface area contributed by atoms with Crippen molar-refractivity contribution in [1.29, 1.82) is 0 Å². The van der Waals surface area contributed by atoms with E-state index in [1.54, 1.807) is 24.3 Å². The molecule has 0 unspecified atom stereocenters. The lowest BCUT2D eigenvalue weighted by atomic mass is 9.88. The second-order valence-electron chi connectivity index (χ2n) is 7.11. The fraction of sp³-hybridized carbons (Fsp3) is 0.238. The molecule has 6 heteroatoms. The maximum atomic E-state index is 14.6. The molecule has 2 aromatic rings. The molecule has 3 rings (SSSR count). The van der Waals surface area contributed by atoms with Crippen LogP contribution in [0.5, 0.6) is 0 Å². The summed E-state index contributed by atoms with van der Waals surface area (Å²) in [7, 11) is 1.95. The molecule has 4 nitrogen and oxygen atoms in total. The summed E-state index contributed by atoms with van der Waals surface area (Å²) < 4.78 is 15.3. The monoisotopic (exact) mass is 429 g/mol. The van der Waals surface area contributed by atoms with Crippen molar-refractivity contribution in [3.05, 3.63) is 69.5 Å². The number of amides is 1. The Bertz CT molecular complexity index is 966. The van der Waals surface area contributed by atoms with Crippen molar-refractivity contribution in [2.75, 3.05) is 11.9 Å². The quantitative estimate of drug-likeness (QED) is 0.551. The zero-order valence-corrected chi connectivity index (χ0v) is 17.3. The number of hydrogen-bond acceptors (Lipinski definition) is 3. The molecule has 0 saturated carbocycles. The van der Waals surface area contributed by atoms with E-state index in [1.807, 2.05) is 24.9 Å². The lowest BCUT2D eigenvalue weighted by Crippen LogP contribution is -2.42. The average Bonchev–Trinajstić information content (AvgIpc) is 2.60. The Morgan fingerprint density at radius 3 is 2.70 bits per heavy atom. The van der Waals surface area contributed by atoms with Crippen molar-refractivity contribution in [3.63, 3.8) is 0 Å². The molecule has 1 N–H and O–H groups in total. The van der Waals surface area contributed by atoms with Gasteiger partial charge in [-0.05, 0) is 66.5 Å². The number of benzene rings is 2. The van der Waals surface area contributed by atoms with E-state index in [4.69, 9.17) is 0 Å². The van der Waals surface area contributed by atoms with Crippen LogP contribution < -0.4 is 10.3 Å². The number of carbonyl (C=O) groups excluding carboxylic acids is 1. The van der Waals surface area contributed by atoms with Crippen LogP contribution in [-0.4, -0.2) is 24.7 Å². The van der Waals surface area contributed by atoms with E-state index in [-0.39, 0.29) is 17.3 Å². The van der Waals surface area contributed by atoms with E-state index < -0.39 is 0 Å². The Labute approximate surface area is 166 Å². The van der Waals surface area contributed by atoms with Gasteiger partial charge in [0.2, 0.25) is 0 Å². The minimum Gasteiger partial charge on any atom is -0.365 e. The molecule has 140 valence electrons. The minimum atomic E-state index is -0.384. The Kier molecular flexibility index (Phi) is 5.20. The van der Waals surface area contributed by atoms with Crippen LogP contribution >= 0.6 is 15.9 Å². The van der Waals surface area contributed by atoms with E-state index in [0.717, 1.165) is 16.8 Å². The SMILES string of the molecule is CC1=CC(C)(C)N(C)c2cc(F)c(/C=N\NC(=O)c3ccccc3Br)cc21.